The van der Waals surface area contributed by atoms with Crippen LogP contribution in [0.4, 0.5) is 0 Å². The summed E-state index contributed by atoms with van der Waals surface area (Å²) < 4.78 is 11.5. The third kappa shape index (κ3) is 2.73. The van der Waals surface area contributed by atoms with Crippen LogP contribution in [-0.2, 0) is 0 Å². The van der Waals surface area contributed by atoms with E-state index in [2.05, 4.69) is 10.3 Å². The zero-order valence-corrected chi connectivity index (χ0v) is 12.4. The lowest BCUT2D eigenvalue weighted by molar-refractivity contribution is 0.0789. The van der Waals surface area contributed by atoms with Gasteiger partial charge < -0.3 is 19.8 Å². The SMILES string of the molecule is O=C(NCC1COc2ccccc2O1)c1ccc2cc[nH]c2c1. The number of aromatic amines is 1. The van der Waals surface area contributed by atoms with Crippen molar-refractivity contribution in [1.29, 1.82) is 0 Å². The van der Waals surface area contributed by atoms with Gasteiger partial charge in [0, 0.05) is 17.3 Å². The largest absolute Gasteiger partial charge is 0.486 e. The highest BCUT2D eigenvalue weighted by molar-refractivity contribution is 5.97. The Bertz CT molecular complexity index is 856. The molecule has 0 radical (unpaired) electrons. The minimum atomic E-state index is -0.192. The highest BCUT2D eigenvalue weighted by Crippen LogP contribution is 2.30. The summed E-state index contributed by atoms with van der Waals surface area (Å²) in [6, 6.07) is 15.1. The fourth-order valence-corrected chi connectivity index (χ4v) is 2.66. The summed E-state index contributed by atoms with van der Waals surface area (Å²) in [5.74, 6) is 1.34. The molecule has 2 N–H and O–H groups in total. The molecule has 1 aliphatic heterocycles. The summed E-state index contributed by atoms with van der Waals surface area (Å²) in [6.45, 7) is 0.822. The van der Waals surface area contributed by atoms with E-state index in [4.69, 9.17) is 9.47 Å². The van der Waals surface area contributed by atoms with Gasteiger partial charge >= 0.3 is 0 Å². The van der Waals surface area contributed by atoms with E-state index in [0.29, 0.717) is 24.5 Å². The molecular weight excluding hydrogens is 292 g/mol. The number of H-pyrrole nitrogens is 1. The van der Waals surface area contributed by atoms with E-state index < -0.39 is 0 Å². The molecule has 5 nitrogen and oxygen atoms in total. The molecule has 116 valence electrons. The predicted molar refractivity (Wildman–Crippen MR) is 87.0 cm³/mol. The van der Waals surface area contributed by atoms with Gasteiger partial charge in [-0.15, -0.1) is 0 Å². The molecule has 2 aromatic carbocycles. The van der Waals surface area contributed by atoms with E-state index in [1.807, 2.05) is 54.7 Å². The average molecular weight is 308 g/mol. The summed E-state index contributed by atoms with van der Waals surface area (Å²) >= 11 is 0. The number of amides is 1. The quantitative estimate of drug-likeness (QED) is 0.782. The van der Waals surface area contributed by atoms with Gasteiger partial charge in [-0.25, -0.2) is 0 Å². The van der Waals surface area contributed by atoms with Crippen LogP contribution >= 0.6 is 0 Å². The Hall–Kier alpha value is -2.95. The monoisotopic (exact) mass is 308 g/mol. The second-order valence-electron chi connectivity index (χ2n) is 5.49. The number of hydrogen-bond donors (Lipinski definition) is 2. The fraction of sp³-hybridized carbons (Fsp3) is 0.167. The normalized spacial score (nSPS) is 16.3. The van der Waals surface area contributed by atoms with Crippen molar-refractivity contribution in [3.63, 3.8) is 0 Å². The number of aromatic nitrogens is 1. The molecule has 0 saturated heterocycles. The molecule has 1 atom stereocenters. The first-order valence-corrected chi connectivity index (χ1v) is 7.53. The molecular formula is C18H16N2O3. The maximum Gasteiger partial charge on any atom is 0.251 e. The number of carbonyl (C=O) groups is 1. The van der Waals surface area contributed by atoms with Crippen molar-refractivity contribution in [3.8, 4) is 11.5 Å². The molecule has 0 saturated carbocycles. The fourth-order valence-electron chi connectivity index (χ4n) is 2.66. The van der Waals surface area contributed by atoms with E-state index in [1.165, 1.54) is 0 Å². The van der Waals surface area contributed by atoms with Gasteiger partial charge in [0.05, 0.1) is 6.54 Å². The second-order valence-corrected chi connectivity index (χ2v) is 5.49. The summed E-state index contributed by atoms with van der Waals surface area (Å²) in [6.07, 6.45) is 1.67. The number of ether oxygens (including phenoxy) is 2. The minimum Gasteiger partial charge on any atom is -0.486 e. The van der Waals surface area contributed by atoms with Crippen molar-refractivity contribution in [2.75, 3.05) is 13.2 Å². The van der Waals surface area contributed by atoms with Crippen LogP contribution in [0.15, 0.2) is 54.7 Å². The van der Waals surface area contributed by atoms with Crippen molar-refractivity contribution in [3.05, 3.63) is 60.3 Å². The minimum absolute atomic E-state index is 0.121. The molecule has 4 rings (SSSR count). The molecule has 23 heavy (non-hydrogen) atoms. The number of nitrogens with one attached hydrogen (secondary N) is 2. The van der Waals surface area contributed by atoms with Gasteiger partial charge in [0.1, 0.15) is 12.7 Å². The first-order valence-electron chi connectivity index (χ1n) is 7.53. The molecule has 1 unspecified atom stereocenters. The summed E-state index contributed by atoms with van der Waals surface area (Å²) in [5, 5.41) is 3.98. The summed E-state index contributed by atoms with van der Waals surface area (Å²) in [7, 11) is 0. The lowest BCUT2D eigenvalue weighted by atomic mass is 10.1. The number of para-hydroxylation sites is 2. The molecule has 0 bridgehead atoms. The van der Waals surface area contributed by atoms with Crippen molar-refractivity contribution >= 4 is 16.8 Å². The lowest BCUT2D eigenvalue weighted by Gasteiger charge is -2.26. The van der Waals surface area contributed by atoms with Gasteiger partial charge in [-0.05, 0) is 35.7 Å². The van der Waals surface area contributed by atoms with Crippen LogP contribution in [0.5, 0.6) is 11.5 Å². The van der Waals surface area contributed by atoms with E-state index >= 15 is 0 Å². The Morgan fingerprint density at radius 2 is 2.04 bits per heavy atom. The molecule has 2 heterocycles. The lowest BCUT2D eigenvalue weighted by Crippen LogP contribution is -2.40. The Morgan fingerprint density at radius 3 is 2.96 bits per heavy atom. The second kappa shape index (κ2) is 5.68. The molecule has 1 aliphatic rings. The highest BCUT2D eigenvalue weighted by atomic mass is 16.6. The topological polar surface area (TPSA) is 63.4 Å². The number of carbonyl (C=O) groups excluding carboxylic acids is 1. The van der Waals surface area contributed by atoms with E-state index in [-0.39, 0.29) is 12.0 Å². The molecule has 1 aromatic heterocycles. The van der Waals surface area contributed by atoms with Gasteiger partial charge in [0.2, 0.25) is 0 Å². The standard InChI is InChI=1S/C18H16N2O3/c21-18(13-6-5-12-7-8-19-15(12)9-13)20-10-14-11-22-16-3-1-2-4-17(16)23-14/h1-9,14,19H,10-11H2,(H,20,21). The number of fused-ring (bicyclic) bond motifs is 2. The summed E-state index contributed by atoms with van der Waals surface area (Å²) in [4.78, 5) is 15.4. The van der Waals surface area contributed by atoms with Crippen molar-refractivity contribution < 1.29 is 14.3 Å². The van der Waals surface area contributed by atoms with Gasteiger partial charge in [-0.2, -0.15) is 0 Å². The smallest absolute Gasteiger partial charge is 0.251 e. The number of rotatable bonds is 3. The zero-order valence-electron chi connectivity index (χ0n) is 12.4. The van der Waals surface area contributed by atoms with Crippen molar-refractivity contribution in [1.82, 2.24) is 10.3 Å². The van der Waals surface area contributed by atoms with Crippen molar-refractivity contribution in [2.45, 2.75) is 6.10 Å². The third-order valence-electron chi connectivity index (χ3n) is 3.88. The Kier molecular flexibility index (Phi) is 3.38. The van der Waals surface area contributed by atoms with Crippen LogP contribution in [-0.4, -0.2) is 30.1 Å². The van der Waals surface area contributed by atoms with Gasteiger partial charge in [0.15, 0.2) is 11.5 Å². The van der Waals surface area contributed by atoms with Gasteiger partial charge in [-0.1, -0.05) is 18.2 Å². The van der Waals surface area contributed by atoms with E-state index in [9.17, 15) is 4.79 Å². The van der Waals surface area contributed by atoms with E-state index in [1.54, 1.807) is 0 Å². The third-order valence-corrected chi connectivity index (χ3v) is 3.88. The molecule has 0 fully saturated rings. The Morgan fingerprint density at radius 1 is 1.17 bits per heavy atom. The Balaban J connectivity index is 1.40. The van der Waals surface area contributed by atoms with Crippen LogP contribution in [0.1, 0.15) is 10.4 Å². The van der Waals surface area contributed by atoms with Crippen LogP contribution in [0, 0.1) is 0 Å². The average Bonchev–Trinajstić information content (AvgIpc) is 3.07. The maximum atomic E-state index is 12.3. The molecule has 5 heteroatoms. The van der Waals surface area contributed by atoms with Crippen LogP contribution in [0.2, 0.25) is 0 Å². The molecule has 3 aromatic rings. The highest BCUT2D eigenvalue weighted by Gasteiger charge is 2.21. The van der Waals surface area contributed by atoms with Gasteiger partial charge in [-0.3, -0.25) is 4.79 Å². The molecule has 0 spiro atoms. The molecule has 1 amide bonds. The maximum absolute atomic E-state index is 12.3. The van der Waals surface area contributed by atoms with E-state index in [0.717, 1.165) is 16.7 Å². The van der Waals surface area contributed by atoms with Gasteiger partial charge in [0.25, 0.3) is 5.91 Å². The predicted octanol–water partition coefficient (Wildman–Crippen LogP) is 2.74. The van der Waals surface area contributed by atoms with Crippen LogP contribution in [0.3, 0.4) is 0 Å². The summed E-state index contributed by atoms with van der Waals surface area (Å²) in [5.41, 5.74) is 1.57. The Labute approximate surface area is 133 Å². The number of benzene rings is 2. The first-order chi connectivity index (χ1) is 11.3. The first kappa shape index (κ1) is 13.7. The zero-order chi connectivity index (χ0) is 15.6. The van der Waals surface area contributed by atoms with Crippen LogP contribution < -0.4 is 14.8 Å². The van der Waals surface area contributed by atoms with Crippen LogP contribution in [0.25, 0.3) is 10.9 Å². The number of hydrogen-bond acceptors (Lipinski definition) is 3. The van der Waals surface area contributed by atoms with Crippen molar-refractivity contribution in [2.24, 2.45) is 0 Å². The molecule has 0 aliphatic carbocycles.